The van der Waals surface area contributed by atoms with Gasteiger partial charge in [-0.05, 0) is 75.2 Å². The standard InChI is InChI=1S/C28H30F3N3O7/c1-34(11-4-5-11)21-14-8-10-7-13-18(16(35)9-12(15-3-2-6-33-15)20(13)28(29,30)31)22(36)17(10)24(38)27(14,41)25(39)19(23(21)37)26(32)40/h9-11,14-15,21,33,35-36,39,41H,2-8H2,1H3,(H2,32,40)/t10-,14-,15?,21-,27-/m0/s1. The first-order valence-electron chi connectivity index (χ1n) is 13.6. The molecule has 1 aromatic rings. The van der Waals surface area contributed by atoms with Gasteiger partial charge in [0.1, 0.15) is 22.8 Å². The van der Waals surface area contributed by atoms with E-state index in [2.05, 4.69) is 5.32 Å². The van der Waals surface area contributed by atoms with Crippen molar-refractivity contribution in [1.29, 1.82) is 0 Å². The lowest BCUT2D eigenvalue weighted by molar-refractivity contribution is -0.154. The second-order valence-corrected chi connectivity index (χ2v) is 11.8. The van der Waals surface area contributed by atoms with Crippen LogP contribution in [0.4, 0.5) is 13.2 Å². The molecule has 1 saturated heterocycles. The van der Waals surface area contributed by atoms with Crippen molar-refractivity contribution in [2.24, 2.45) is 17.6 Å². The lowest BCUT2D eigenvalue weighted by Crippen LogP contribution is -2.66. The lowest BCUT2D eigenvalue weighted by Gasteiger charge is -2.51. The number of phenols is 1. The van der Waals surface area contributed by atoms with E-state index in [-0.39, 0.29) is 23.6 Å². The summed E-state index contributed by atoms with van der Waals surface area (Å²) in [5.41, 5.74) is -1.01. The van der Waals surface area contributed by atoms with Crippen LogP contribution in [0.25, 0.3) is 5.76 Å². The van der Waals surface area contributed by atoms with Crippen LogP contribution < -0.4 is 11.1 Å². The number of benzene rings is 1. The summed E-state index contributed by atoms with van der Waals surface area (Å²) in [5.74, 6) is -8.77. The summed E-state index contributed by atoms with van der Waals surface area (Å²) >= 11 is 0. The highest BCUT2D eigenvalue weighted by molar-refractivity contribution is 6.24. The van der Waals surface area contributed by atoms with Gasteiger partial charge < -0.3 is 31.5 Å². The number of halogens is 3. The molecule has 220 valence electrons. The molecule has 5 aliphatic rings. The molecule has 1 heterocycles. The minimum absolute atomic E-state index is 0.106. The maximum absolute atomic E-state index is 14.6. The van der Waals surface area contributed by atoms with E-state index in [1.165, 1.54) is 0 Å². The number of carbonyl (C=O) groups is 3. The Labute approximate surface area is 232 Å². The SMILES string of the molecule is CN(C1CC1)[C@@H]1C(=O)C(C(N)=O)=C(O)[C@@]2(O)C(=O)C3=C(O)c4c(O)cc(C5CCCN5)c(C(F)(F)F)c4C[C@H]3C[C@@H]12. The number of rotatable bonds is 4. The van der Waals surface area contributed by atoms with Gasteiger partial charge in [-0.2, -0.15) is 13.2 Å². The van der Waals surface area contributed by atoms with Gasteiger partial charge in [0.2, 0.25) is 5.78 Å². The van der Waals surface area contributed by atoms with Gasteiger partial charge >= 0.3 is 6.18 Å². The third-order valence-corrected chi connectivity index (χ3v) is 9.48. The number of nitrogens with one attached hydrogen (secondary N) is 1. The Balaban J connectivity index is 1.56. The van der Waals surface area contributed by atoms with Gasteiger partial charge in [0, 0.05) is 23.6 Å². The first-order valence-corrected chi connectivity index (χ1v) is 13.6. The van der Waals surface area contributed by atoms with E-state index in [1.54, 1.807) is 11.9 Å². The van der Waals surface area contributed by atoms with Gasteiger partial charge in [0.05, 0.1) is 17.2 Å². The van der Waals surface area contributed by atoms with Crippen molar-refractivity contribution in [3.05, 3.63) is 45.2 Å². The van der Waals surface area contributed by atoms with Crippen LogP contribution in [-0.4, -0.2) is 74.1 Å². The van der Waals surface area contributed by atoms with Crippen molar-refractivity contribution in [3.63, 3.8) is 0 Å². The number of hydrogen-bond donors (Lipinski definition) is 6. The van der Waals surface area contributed by atoms with Gasteiger partial charge in [-0.15, -0.1) is 0 Å². The third kappa shape index (κ3) is 3.85. The molecule has 0 aromatic heterocycles. The first kappa shape index (κ1) is 27.7. The first-order chi connectivity index (χ1) is 19.2. The Bertz CT molecular complexity index is 1460. The lowest BCUT2D eigenvalue weighted by atomic mass is 9.57. The fourth-order valence-corrected chi connectivity index (χ4v) is 7.49. The molecule has 0 radical (unpaired) electrons. The zero-order chi connectivity index (χ0) is 29.8. The minimum Gasteiger partial charge on any atom is -0.508 e. The van der Waals surface area contributed by atoms with Crippen LogP contribution in [-0.2, 0) is 27.0 Å². The van der Waals surface area contributed by atoms with Crippen molar-refractivity contribution in [2.75, 3.05) is 13.6 Å². The van der Waals surface area contributed by atoms with E-state index in [1.807, 2.05) is 0 Å². The Morgan fingerprint density at radius 1 is 1.17 bits per heavy atom. The summed E-state index contributed by atoms with van der Waals surface area (Å²) in [6.45, 7) is 0.501. The number of alkyl halides is 3. The number of amides is 1. The van der Waals surface area contributed by atoms with Crippen molar-refractivity contribution in [3.8, 4) is 5.75 Å². The minimum atomic E-state index is -4.86. The average Bonchev–Trinajstić information content (AvgIpc) is 3.58. The number of aliphatic hydroxyl groups is 3. The van der Waals surface area contributed by atoms with Gasteiger partial charge in [-0.3, -0.25) is 19.3 Å². The highest BCUT2D eigenvalue weighted by atomic mass is 19.4. The average molecular weight is 578 g/mol. The van der Waals surface area contributed by atoms with Gasteiger partial charge in [0.15, 0.2) is 11.4 Å². The van der Waals surface area contributed by atoms with Gasteiger partial charge in [0.25, 0.3) is 5.91 Å². The Morgan fingerprint density at radius 3 is 2.41 bits per heavy atom. The summed E-state index contributed by atoms with van der Waals surface area (Å²) in [7, 11) is 1.58. The maximum Gasteiger partial charge on any atom is 0.417 e. The second kappa shape index (κ2) is 9.04. The molecule has 1 unspecified atom stereocenters. The number of ketones is 2. The molecule has 13 heteroatoms. The molecule has 10 nitrogen and oxygen atoms in total. The number of fused-ring (bicyclic) bond motifs is 3. The number of nitrogens with two attached hydrogens (primary N) is 1. The number of Topliss-reactive ketones (excluding diaryl/α,β-unsaturated/α-hetero) is 2. The quantitative estimate of drug-likeness (QED) is 0.292. The number of likely N-dealkylation sites (N-methyl/N-ethyl adjacent to an activating group) is 1. The summed E-state index contributed by atoms with van der Waals surface area (Å²) in [4.78, 5) is 41.3. The summed E-state index contributed by atoms with van der Waals surface area (Å²) in [5, 5.41) is 47.9. The fourth-order valence-electron chi connectivity index (χ4n) is 7.49. The summed E-state index contributed by atoms with van der Waals surface area (Å²) in [6, 6.07) is -1.11. The number of aliphatic hydroxyl groups excluding tert-OH is 2. The predicted molar refractivity (Wildman–Crippen MR) is 136 cm³/mol. The third-order valence-electron chi connectivity index (χ3n) is 9.48. The number of carbonyl (C=O) groups excluding carboxylic acids is 3. The van der Waals surface area contributed by atoms with Crippen LogP contribution in [0.3, 0.4) is 0 Å². The van der Waals surface area contributed by atoms with Crippen LogP contribution in [0.2, 0.25) is 0 Å². The zero-order valence-electron chi connectivity index (χ0n) is 22.1. The van der Waals surface area contributed by atoms with Crippen molar-refractivity contribution in [2.45, 2.75) is 68.4 Å². The molecule has 5 atom stereocenters. The van der Waals surface area contributed by atoms with E-state index in [0.29, 0.717) is 32.2 Å². The highest BCUT2D eigenvalue weighted by Crippen LogP contribution is 2.55. The van der Waals surface area contributed by atoms with Crippen LogP contribution in [0, 0.1) is 11.8 Å². The number of hydrogen-bond acceptors (Lipinski definition) is 9. The number of phenolic OH excluding ortho intramolecular Hbond substituents is 1. The maximum atomic E-state index is 14.6. The molecule has 1 aliphatic heterocycles. The molecule has 6 rings (SSSR count). The monoisotopic (exact) mass is 577 g/mol. The number of aromatic hydroxyl groups is 1. The van der Waals surface area contributed by atoms with Crippen LogP contribution in [0.1, 0.15) is 60.4 Å². The molecule has 41 heavy (non-hydrogen) atoms. The van der Waals surface area contributed by atoms with E-state index in [4.69, 9.17) is 5.73 Å². The molecule has 4 aliphatic carbocycles. The summed E-state index contributed by atoms with van der Waals surface area (Å²) in [6.07, 6.45) is -3.09. The number of primary amides is 1. The fraction of sp³-hybridized carbons (Fsp3) is 0.536. The molecule has 3 fully saturated rings. The van der Waals surface area contributed by atoms with Crippen LogP contribution in [0.15, 0.2) is 23.0 Å². The number of nitrogens with zero attached hydrogens (tertiary/aromatic N) is 1. The zero-order valence-corrected chi connectivity index (χ0v) is 22.1. The topological polar surface area (TPSA) is 173 Å². The highest BCUT2D eigenvalue weighted by Gasteiger charge is 2.65. The molecule has 1 amide bonds. The predicted octanol–water partition coefficient (Wildman–Crippen LogP) is 1.94. The van der Waals surface area contributed by atoms with Crippen molar-refractivity contribution < 1.29 is 48.0 Å². The summed E-state index contributed by atoms with van der Waals surface area (Å²) < 4.78 is 43.8. The molecule has 0 bridgehead atoms. The van der Waals surface area contributed by atoms with Crippen LogP contribution >= 0.6 is 0 Å². The smallest absolute Gasteiger partial charge is 0.417 e. The van der Waals surface area contributed by atoms with Crippen molar-refractivity contribution in [1.82, 2.24) is 10.2 Å². The molecule has 0 spiro atoms. The molecule has 1 aromatic carbocycles. The normalized spacial score (nSPS) is 31.9. The van der Waals surface area contributed by atoms with E-state index >= 15 is 0 Å². The van der Waals surface area contributed by atoms with Crippen LogP contribution in [0.5, 0.6) is 5.75 Å². The van der Waals surface area contributed by atoms with Gasteiger partial charge in [-0.25, -0.2) is 0 Å². The second-order valence-electron chi connectivity index (χ2n) is 11.8. The van der Waals surface area contributed by atoms with E-state index in [9.17, 15) is 48.0 Å². The van der Waals surface area contributed by atoms with Gasteiger partial charge in [-0.1, -0.05) is 0 Å². The molecule has 2 saturated carbocycles. The van der Waals surface area contributed by atoms with E-state index in [0.717, 1.165) is 6.07 Å². The van der Waals surface area contributed by atoms with E-state index < -0.39 is 99.1 Å². The molecular weight excluding hydrogens is 547 g/mol. The molecular formula is C28H30F3N3O7. The largest absolute Gasteiger partial charge is 0.508 e. The molecule has 7 N–H and O–H groups in total. The Kier molecular flexibility index (Phi) is 6.11. The van der Waals surface area contributed by atoms with Crippen molar-refractivity contribution >= 4 is 23.2 Å². The Hall–Kier alpha value is -3.42. The Morgan fingerprint density at radius 2 is 1.85 bits per heavy atom.